The van der Waals surface area contributed by atoms with Crippen molar-refractivity contribution in [3.63, 3.8) is 0 Å². The molecule has 1 fully saturated rings. The predicted molar refractivity (Wildman–Crippen MR) is 95.0 cm³/mol. The van der Waals surface area contributed by atoms with E-state index in [1.165, 1.54) is 12.7 Å². The first-order valence-corrected chi connectivity index (χ1v) is 8.72. The van der Waals surface area contributed by atoms with Gasteiger partial charge in [-0.25, -0.2) is 0 Å². The highest BCUT2D eigenvalue weighted by atomic mass is 16.5. The molecule has 24 heavy (non-hydrogen) atoms. The second-order valence-corrected chi connectivity index (χ2v) is 6.51. The smallest absolute Gasteiger partial charge is 0.248 e. The monoisotopic (exact) mass is 332 g/mol. The molecule has 1 N–H and O–H groups in total. The Morgan fingerprint density at radius 3 is 2.42 bits per heavy atom. The number of likely N-dealkylation sites (tertiary alicyclic amines) is 1. The molecule has 2 amide bonds. The fraction of sp³-hybridized carbons (Fsp3) is 0.579. The van der Waals surface area contributed by atoms with Crippen LogP contribution in [-0.2, 0) is 14.3 Å². The molecule has 5 heteroatoms. The van der Waals surface area contributed by atoms with Crippen LogP contribution in [0.3, 0.4) is 0 Å². The number of carbonyl (C=O) groups is 2. The molecule has 1 atom stereocenters. The third-order valence-electron chi connectivity index (χ3n) is 4.85. The number of hydrogen-bond acceptors (Lipinski definition) is 3. The van der Waals surface area contributed by atoms with Gasteiger partial charge < -0.3 is 15.0 Å². The van der Waals surface area contributed by atoms with Crippen molar-refractivity contribution in [3.05, 3.63) is 29.8 Å². The van der Waals surface area contributed by atoms with Crippen LogP contribution < -0.4 is 5.32 Å². The molecule has 2 rings (SSSR count). The molecule has 5 nitrogen and oxygen atoms in total. The van der Waals surface area contributed by atoms with Crippen molar-refractivity contribution in [2.24, 2.45) is 5.92 Å². The van der Waals surface area contributed by atoms with Gasteiger partial charge in [-0.3, -0.25) is 9.59 Å². The van der Waals surface area contributed by atoms with Gasteiger partial charge in [0.05, 0.1) is 0 Å². The van der Waals surface area contributed by atoms with Crippen molar-refractivity contribution in [1.29, 1.82) is 0 Å². The summed E-state index contributed by atoms with van der Waals surface area (Å²) in [6.07, 6.45) is 2.50. The maximum atomic E-state index is 12.4. The molecule has 0 aromatic heterocycles. The second kappa shape index (κ2) is 8.83. The number of ether oxygens (including phenoxy) is 1. The van der Waals surface area contributed by atoms with Crippen LogP contribution >= 0.6 is 0 Å². The summed E-state index contributed by atoms with van der Waals surface area (Å²) in [6, 6.07) is 8.10. The minimum absolute atomic E-state index is 0.00279. The lowest BCUT2D eigenvalue weighted by molar-refractivity contribution is -0.138. The third-order valence-corrected chi connectivity index (χ3v) is 4.85. The minimum Gasteiger partial charge on any atom is -0.375 e. The summed E-state index contributed by atoms with van der Waals surface area (Å²) in [4.78, 5) is 26.0. The van der Waals surface area contributed by atoms with Gasteiger partial charge in [0.25, 0.3) is 0 Å². The fourth-order valence-electron chi connectivity index (χ4n) is 2.98. The van der Waals surface area contributed by atoms with E-state index in [9.17, 15) is 9.59 Å². The zero-order chi connectivity index (χ0) is 17.5. The number of benzene rings is 1. The lowest BCUT2D eigenvalue weighted by Gasteiger charge is -2.31. The Kier molecular flexibility index (Phi) is 6.79. The summed E-state index contributed by atoms with van der Waals surface area (Å²) in [6.45, 7) is 5.72. The summed E-state index contributed by atoms with van der Waals surface area (Å²) < 4.78 is 4.87. The number of carbonyl (C=O) groups excluding carboxylic acids is 2. The Morgan fingerprint density at radius 1 is 1.25 bits per heavy atom. The first-order chi connectivity index (χ1) is 11.5. The maximum absolute atomic E-state index is 12.4. The lowest BCUT2D eigenvalue weighted by atomic mass is 9.95. The Morgan fingerprint density at radius 2 is 1.88 bits per heavy atom. The molecule has 1 saturated heterocycles. The predicted octanol–water partition coefficient (Wildman–Crippen LogP) is 3.02. The molecule has 1 aromatic carbocycles. The molecule has 0 bridgehead atoms. The summed E-state index contributed by atoms with van der Waals surface area (Å²) in [5, 5.41) is 3.00. The van der Waals surface area contributed by atoms with Crippen molar-refractivity contribution in [2.45, 2.75) is 39.0 Å². The topological polar surface area (TPSA) is 58.6 Å². The van der Waals surface area contributed by atoms with Crippen LogP contribution in [0.1, 0.15) is 44.6 Å². The minimum atomic E-state index is -0.0363. The van der Waals surface area contributed by atoms with Gasteiger partial charge in [-0.2, -0.15) is 0 Å². The quantitative estimate of drug-likeness (QED) is 0.871. The highest BCUT2D eigenvalue weighted by Crippen LogP contribution is 2.22. The Bertz CT molecular complexity index is 548. The van der Waals surface area contributed by atoms with Crippen molar-refractivity contribution in [1.82, 2.24) is 4.90 Å². The highest BCUT2D eigenvalue weighted by Gasteiger charge is 2.27. The van der Waals surface area contributed by atoms with Gasteiger partial charge in [0.15, 0.2) is 0 Å². The normalized spacial score (nSPS) is 16.7. The Balaban J connectivity index is 1.84. The zero-order valence-electron chi connectivity index (χ0n) is 14.9. The number of amides is 2. The van der Waals surface area contributed by atoms with Gasteiger partial charge in [-0.05, 0) is 42.9 Å². The second-order valence-electron chi connectivity index (χ2n) is 6.51. The number of rotatable bonds is 6. The molecular weight excluding hydrogens is 304 g/mol. The van der Waals surface area contributed by atoms with Gasteiger partial charge >= 0.3 is 0 Å². The van der Waals surface area contributed by atoms with Crippen molar-refractivity contribution in [2.75, 3.05) is 32.1 Å². The van der Waals surface area contributed by atoms with E-state index in [4.69, 9.17) is 4.74 Å². The Labute approximate surface area is 144 Å². The molecule has 0 saturated carbocycles. The van der Waals surface area contributed by atoms with Crippen LogP contribution in [0.4, 0.5) is 5.69 Å². The standard InChI is InChI=1S/C19H28N2O3/c1-4-14(2)15-5-7-17(8-6-15)20-19(23)16-9-11-21(12-10-16)18(22)13-24-3/h5-8,14,16H,4,9-13H2,1-3H3,(H,20,23)/t14-/m1/s1. The van der Waals surface area contributed by atoms with Crippen LogP contribution in [0, 0.1) is 5.92 Å². The van der Waals surface area contributed by atoms with E-state index < -0.39 is 0 Å². The van der Waals surface area contributed by atoms with Crippen LogP contribution in [0.15, 0.2) is 24.3 Å². The van der Waals surface area contributed by atoms with Gasteiger partial charge in [0.1, 0.15) is 6.61 Å². The van der Waals surface area contributed by atoms with Gasteiger partial charge in [0, 0.05) is 31.8 Å². The van der Waals surface area contributed by atoms with E-state index in [0.29, 0.717) is 31.8 Å². The molecule has 1 aliphatic rings. The number of anilines is 1. The van der Waals surface area contributed by atoms with Gasteiger partial charge in [0.2, 0.25) is 11.8 Å². The van der Waals surface area contributed by atoms with Crippen molar-refractivity contribution >= 4 is 17.5 Å². The highest BCUT2D eigenvalue weighted by molar-refractivity contribution is 5.92. The largest absolute Gasteiger partial charge is 0.375 e. The van der Waals surface area contributed by atoms with E-state index >= 15 is 0 Å². The van der Waals surface area contributed by atoms with Crippen LogP contribution in [0.25, 0.3) is 0 Å². The zero-order valence-corrected chi connectivity index (χ0v) is 14.9. The van der Waals surface area contributed by atoms with E-state index in [-0.39, 0.29) is 24.3 Å². The molecule has 0 radical (unpaired) electrons. The summed E-state index contributed by atoms with van der Waals surface area (Å²) in [5.74, 6) is 0.539. The number of nitrogens with zero attached hydrogens (tertiary/aromatic N) is 1. The lowest BCUT2D eigenvalue weighted by Crippen LogP contribution is -2.42. The van der Waals surface area contributed by atoms with Crippen LogP contribution in [0.5, 0.6) is 0 Å². The van der Waals surface area contributed by atoms with Crippen LogP contribution in [0.2, 0.25) is 0 Å². The number of nitrogens with one attached hydrogen (secondary N) is 1. The molecule has 0 unspecified atom stereocenters. The molecule has 0 aliphatic carbocycles. The van der Waals surface area contributed by atoms with Crippen molar-refractivity contribution < 1.29 is 14.3 Å². The summed E-state index contributed by atoms with van der Waals surface area (Å²) in [7, 11) is 1.52. The molecule has 132 valence electrons. The number of piperidine rings is 1. The number of methoxy groups -OCH3 is 1. The average molecular weight is 332 g/mol. The Hall–Kier alpha value is -1.88. The van der Waals surface area contributed by atoms with E-state index in [0.717, 1.165) is 12.1 Å². The van der Waals surface area contributed by atoms with Gasteiger partial charge in [-0.15, -0.1) is 0 Å². The molecule has 1 aromatic rings. The first kappa shape index (κ1) is 18.5. The van der Waals surface area contributed by atoms with Gasteiger partial charge in [-0.1, -0.05) is 26.0 Å². The van der Waals surface area contributed by atoms with E-state index in [2.05, 4.69) is 31.3 Å². The number of hydrogen-bond donors (Lipinski definition) is 1. The molecule has 1 heterocycles. The fourth-order valence-corrected chi connectivity index (χ4v) is 2.98. The summed E-state index contributed by atoms with van der Waals surface area (Å²) >= 11 is 0. The SMILES string of the molecule is CC[C@@H](C)c1ccc(NC(=O)C2CCN(C(=O)COC)CC2)cc1. The van der Waals surface area contributed by atoms with E-state index in [1.807, 2.05) is 12.1 Å². The molecular formula is C19H28N2O3. The first-order valence-electron chi connectivity index (χ1n) is 8.72. The summed E-state index contributed by atoms with van der Waals surface area (Å²) in [5.41, 5.74) is 2.13. The van der Waals surface area contributed by atoms with Crippen LogP contribution in [-0.4, -0.2) is 43.5 Å². The van der Waals surface area contributed by atoms with E-state index in [1.54, 1.807) is 4.90 Å². The molecule has 0 spiro atoms. The third kappa shape index (κ3) is 4.81. The maximum Gasteiger partial charge on any atom is 0.248 e. The van der Waals surface area contributed by atoms with Crippen molar-refractivity contribution in [3.8, 4) is 0 Å². The average Bonchev–Trinajstić information content (AvgIpc) is 2.62. The molecule has 1 aliphatic heterocycles.